The number of carbonyl (C=O) groups excluding carboxylic acids is 2. The minimum absolute atomic E-state index is 0.0119. The van der Waals surface area contributed by atoms with Gasteiger partial charge in [-0.2, -0.15) is 0 Å². The van der Waals surface area contributed by atoms with Gasteiger partial charge in [-0.25, -0.2) is 0 Å². The predicted molar refractivity (Wildman–Crippen MR) is 119 cm³/mol. The number of amides is 2. The minimum Gasteiger partial charge on any atom is -0.353 e. The Kier molecular flexibility index (Phi) is 8.02. The largest absolute Gasteiger partial charge is 0.353 e. The first kappa shape index (κ1) is 22.9. The molecule has 2 aromatic rings. The molecule has 10 heteroatoms. The molecule has 1 aliphatic carbocycles. The molecule has 0 spiro atoms. The van der Waals surface area contributed by atoms with Crippen molar-refractivity contribution < 1.29 is 9.59 Å². The van der Waals surface area contributed by atoms with E-state index in [1.807, 2.05) is 18.4 Å². The van der Waals surface area contributed by atoms with Crippen molar-refractivity contribution in [3.63, 3.8) is 0 Å². The second-order valence-corrected chi connectivity index (χ2v) is 9.03. The molecule has 1 fully saturated rings. The van der Waals surface area contributed by atoms with Crippen molar-refractivity contribution in [3.05, 3.63) is 39.6 Å². The number of hydrogen-bond donors (Lipinski definition) is 2. The van der Waals surface area contributed by atoms with Crippen LogP contribution in [-0.4, -0.2) is 38.4 Å². The standard InChI is InChI=1S/C20H25Cl2N5O2S/c1-3-27-18(12(2)23-19(29)15-9-8-13(21)10-16(15)22)25-26-20(27)30-11-17(28)24-14-6-4-5-7-14/h8-10,12,14H,3-7,11H2,1-2H3,(H,23,29)(H,24,28)/t12-/m1/s1. The SMILES string of the molecule is CCn1c(SCC(=O)NC2CCCC2)nnc1[C@@H](C)NC(=O)c1ccc(Cl)cc1Cl. The highest BCUT2D eigenvalue weighted by Gasteiger charge is 2.22. The number of benzene rings is 1. The Morgan fingerprint density at radius 1 is 1.27 bits per heavy atom. The van der Waals surface area contributed by atoms with Crippen LogP contribution >= 0.6 is 35.0 Å². The van der Waals surface area contributed by atoms with Crippen molar-refractivity contribution in [2.75, 3.05) is 5.75 Å². The summed E-state index contributed by atoms with van der Waals surface area (Å²) in [5, 5.41) is 15.8. The van der Waals surface area contributed by atoms with Gasteiger partial charge in [-0.3, -0.25) is 9.59 Å². The number of nitrogens with one attached hydrogen (secondary N) is 2. The van der Waals surface area contributed by atoms with E-state index in [2.05, 4.69) is 20.8 Å². The summed E-state index contributed by atoms with van der Waals surface area (Å²) in [5.41, 5.74) is 0.341. The lowest BCUT2D eigenvalue weighted by atomic mass is 10.2. The number of aromatic nitrogens is 3. The average Bonchev–Trinajstić information content (AvgIpc) is 3.35. The fourth-order valence-corrected chi connectivity index (χ4v) is 4.82. The molecule has 1 heterocycles. The number of rotatable bonds is 8. The maximum absolute atomic E-state index is 12.6. The van der Waals surface area contributed by atoms with E-state index in [-0.39, 0.29) is 22.6 Å². The van der Waals surface area contributed by atoms with Gasteiger partial charge in [0.25, 0.3) is 5.91 Å². The fraction of sp³-hybridized carbons (Fsp3) is 0.500. The molecule has 3 rings (SSSR count). The Morgan fingerprint density at radius 2 is 2.00 bits per heavy atom. The summed E-state index contributed by atoms with van der Waals surface area (Å²) in [5.74, 6) is 0.600. The Hall–Kier alpha value is -1.77. The molecule has 0 radical (unpaired) electrons. The third kappa shape index (κ3) is 5.68. The zero-order valence-corrected chi connectivity index (χ0v) is 19.3. The topological polar surface area (TPSA) is 88.9 Å². The highest BCUT2D eigenvalue weighted by molar-refractivity contribution is 7.99. The molecule has 1 aromatic carbocycles. The molecular weight excluding hydrogens is 445 g/mol. The lowest BCUT2D eigenvalue weighted by Crippen LogP contribution is -2.33. The van der Waals surface area contributed by atoms with Gasteiger partial charge in [-0.05, 0) is 44.9 Å². The van der Waals surface area contributed by atoms with Crippen molar-refractivity contribution in [2.24, 2.45) is 0 Å². The van der Waals surface area contributed by atoms with E-state index in [4.69, 9.17) is 23.2 Å². The van der Waals surface area contributed by atoms with Crippen LogP contribution in [0.25, 0.3) is 0 Å². The fourth-order valence-electron chi connectivity index (χ4n) is 3.51. The maximum atomic E-state index is 12.6. The zero-order valence-electron chi connectivity index (χ0n) is 17.0. The van der Waals surface area contributed by atoms with E-state index in [0.717, 1.165) is 12.8 Å². The smallest absolute Gasteiger partial charge is 0.253 e. The lowest BCUT2D eigenvalue weighted by molar-refractivity contribution is -0.119. The summed E-state index contributed by atoms with van der Waals surface area (Å²) >= 11 is 13.4. The van der Waals surface area contributed by atoms with Crippen LogP contribution in [0.1, 0.15) is 61.8 Å². The lowest BCUT2D eigenvalue weighted by Gasteiger charge is -2.16. The molecule has 0 saturated heterocycles. The molecule has 2 N–H and O–H groups in total. The number of hydrogen-bond acceptors (Lipinski definition) is 5. The second kappa shape index (κ2) is 10.5. The van der Waals surface area contributed by atoms with E-state index < -0.39 is 6.04 Å². The van der Waals surface area contributed by atoms with Crippen LogP contribution in [0.5, 0.6) is 0 Å². The summed E-state index contributed by atoms with van der Waals surface area (Å²) in [4.78, 5) is 24.8. The first-order valence-electron chi connectivity index (χ1n) is 10.00. The predicted octanol–water partition coefficient (Wildman–Crippen LogP) is 4.25. The van der Waals surface area contributed by atoms with Crippen molar-refractivity contribution >= 4 is 46.8 Å². The third-order valence-electron chi connectivity index (χ3n) is 5.02. The van der Waals surface area contributed by atoms with Crippen LogP contribution in [-0.2, 0) is 11.3 Å². The quantitative estimate of drug-likeness (QED) is 0.564. The van der Waals surface area contributed by atoms with Gasteiger partial charge in [-0.1, -0.05) is 47.8 Å². The maximum Gasteiger partial charge on any atom is 0.253 e. The molecule has 7 nitrogen and oxygen atoms in total. The van der Waals surface area contributed by atoms with E-state index in [1.54, 1.807) is 12.1 Å². The van der Waals surface area contributed by atoms with Gasteiger partial charge in [0.15, 0.2) is 11.0 Å². The minimum atomic E-state index is -0.390. The van der Waals surface area contributed by atoms with Gasteiger partial charge in [-0.15, -0.1) is 10.2 Å². The molecule has 1 saturated carbocycles. The molecule has 0 unspecified atom stereocenters. The van der Waals surface area contributed by atoms with Gasteiger partial charge in [0.05, 0.1) is 22.4 Å². The Labute approximate surface area is 190 Å². The Balaban J connectivity index is 1.62. The molecule has 0 aliphatic heterocycles. The van der Waals surface area contributed by atoms with Crippen LogP contribution in [0, 0.1) is 0 Å². The van der Waals surface area contributed by atoms with Gasteiger partial charge in [0.2, 0.25) is 5.91 Å². The van der Waals surface area contributed by atoms with Crippen molar-refractivity contribution in [2.45, 2.75) is 63.3 Å². The van der Waals surface area contributed by atoms with E-state index in [9.17, 15) is 9.59 Å². The molecule has 162 valence electrons. The van der Waals surface area contributed by atoms with Crippen molar-refractivity contribution in [3.8, 4) is 0 Å². The normalized spacial score (nSPS) is 15.2. The molecule has 1 aliphatic rings. The van der Waals surface area contributed by atoms with Crippen molar-refractivity contribution in [1.29, 1.82) is 0 Å². The molecule has 1 aromatic heterocycles. The number of halogens is 2. The average molecular weight is 470 g/mol. The first-order valence-corrected chi connectivity index (χ1v) is 11.7. The summed E-state index contributed by atoms with van der Waals surface area (Å²) < 4.78 is 1.90. The van der Waals surface area contributed by atoms with Gasteiger partial charge >= 0.3 is 0 Å². The highest BCUT2D eigenvalue weighted by atomic mass is 35.5. The monoisotopic (exact) mass is 469 g/mol. The van der Waals surface area contributed by atoms with Gasteiger partial charge in [0, 0.05) is 17.6 Å². The number of carbonyl (C=O) groups is 2. The Bertz CT molecular complexity index is 915. The van der Waals surface area contributed by atoms with Crippen LogP contribution in [0.2, 0.25) is 10.0 Å². The number of thioether (sulfide) groups is 1. The summed E-state index contributed by atoms with van der Waals surface area (Å²) in [6.07, 6.45) is 4.47. The molecule has 1 atom stereocenters. The summed E-state index contributed by atoms with van der Waals surface area (Å²) in [6, 6.07) is 4.64. The van der Waals surface area contributed by atoms with Crippen LogP contribution in [0.3, 0.4) is 0 Å². The van der Waals surface area contributed by atoms with Crippen LogP contribution < -0.4 is 10.6 Å². The highest BCUT2D eigenvalue weighted by Crippen LogP contribution is 2.24. The van der Waals surface area contributed by atoms with Crippen LogP contribution in [0.15, 0.2) is 23.4 Å². The summed E-state index contributed by atoms with van der Waals surface area (Å²) in [7, 11) is 0. The Morgan fingerprint density at radius 3 is 2.67 bits per heavy atom. The van der Waals surface area contributed by atoms with E-state index in [1.165, 1.54) is 30.7 Å². The summed E-state index contributed by atoms with van der Waals surface area (Å²) in [6.45, 7) is 4.43. The number of nitrogens with zero attached hydrogens (tertiary/aromatic N) is 3. The van der Waals surface area contributed by atoms with Gasteiger partial charge < -0.3 is 15.2 Å². The van der Waals surface area contributed by atoms with Crippen molar-refractivity contribution in [1.82, 2.24) is 25.4 Å². The van der Waals surface area contributed by atoms with E-state index >= 15 is 0 Å². The third-order valence-corrected chi connectivity index (χ3v) is 6.54. The van der Waals surface area contributed by atoms with Crippen LogP contribution in [0.4, 0.5) is 0 Å². The zero-order chi connectivity index (χ0) is 21.7. The molecule has 2 amide bonds. The first-order chi connectivity index (χ1) is 14.4. The molecule has 0 bridgehead atoms. The molecule has 30 heavy (non-hydrogen) atoms. The molecular formula is C20H25Cl2N5O2S. The van der Waals surface area contributed by atoms with E-state index in [0.29, 0.717) is 34.2 Å². The van der Waals surface area contributed by atoms with Gasteiger partial charge in [0.1, 0.15) is 0 Å². The second-order valence-electron chi connectivity index (χ2n) is 7.24.